The van der Waals surface area contributed by atoms with Gasteiger partial charge in [-0.05, 0) is 66.5 Å². The Morgan fingerprint density at radius 2 is 1.88 bits per heavy atom. The number of allylic oxidation sites excluding steroid dienone is 3. The van der Waals surface area contributed by atoms with Crippen molar-refractivity contribution >= 4 is 24.5 Å². The molecule has 0 heterocycles. The summed E-state index contributed by atoms with van der Waals surface area (Å²) in [5.74, 6) is 1.13. The first-order valence-electron chi connectivity index (χ1n) is 11.5. The van der Waals surface area contributed by atoms with E-state index in [1.54, 1.807) is 19.1 Å². The third-order valence-corrected chi connectivity index (χ3v) is 6.29. The highest BCUT2D eigenvalue weighted by Gasteiger charge is 2.31. The number of hydrogen-bond acceptors (Lipinski definition) is 4. The molecule has 2 atom stereocenters. The van der Waals surface area contributed by atoms with Gasteiger partial charge in [-0.2, -0.15) is 12.6 Å². The molecule has 0 aromatic heterocycles. The van der Waals surface area contributed by atoms with Crippen LogP contribution in [0.4, 0.5) is 10.1 Å². The van der Waals surface area contributed by atoms with Gasteiger partial charge in [0.15, 0.2) is 0 Å². The van der Waals surface area contributed by atoms with Crippen LogP contribution < -0.4 is 11.1 Å². The molecule has 178 valence electrons. The SMILES string of the molecule is CC1(F)C=CC(Nc2ccc(C(c3ccccc3)C(C)(C)CN)cc2C=N)=CC1.CCCS. The van der Waals surface area contributed by atoms with Crippen LogP contribution in [0.25, 0.3) is 0 Å². The molecule has 33 heavy (non-hydrogen) atoms. The molecule has 0 amide bonds. The van der Waals surface area contributed by atoms with Gasteiger partial charge in [-0.3, -0.25) is 0 Å². The highest BCUT2D eigenvalue weighted by Crippen LogP contribution is 2.41. The van der Waals surface area contributed by atoms with E-state index in [4.69, 9.17) is 11.1 Å². The maximum absolute atomic E-state index is 14.0. The van der Waals surface area contributed by atoms with Crippen molar-refractivity contribution in [2.45, 2.75) is 52.1 Å². The zero-order chi connectivity index (χ0) is 24.5. The molecule has 0 saturated heterocycles. The van der Waals surface area contributed by atoms with Crippen LogP contribution in [0, 0.1) is 10.8 Å². The van der Waals surface area contributed by atoms with E-state index in [0.717, 1.165) is 28.3 Å². The summed E-state index contributed by atoms with van der Waals surface area (Å²) in [5.41, 5.74) is 9.49. The van der Waals surface area contributed by atoms with Gasteiger partial charge >= 0.3 is 0 Å². The highest BCUT2D eigenvalue weighted by molar-refractivity contribution is 7.80. The monoisotopic (exact) mass is 467 g/mol. The molecule has 1 aliphatic rings. The van der Waals surface area contributed by atoms with Gasteiger partial charge in [-0.15, -0.1) is 0 Å². The molecule has 1 aliphatic carbocycles. The number of alkyl halides is 1. The summed E-state index contributed by atoms with van der Waals surface area (Å²) in [7, 11) is 0. The van der Waals surface area contributed by atoms with E-state index < -0.39 is 5.67 Å². The Hall–Kier alpha value is -2.37. The van der Waals surface area contributed by atoms with Gasteiger partial charge in [0.25, 0.3) is 0 Å². The first-order valence-corrected chi connectivity index (χ1v) is 12.2. The average molecular weight is 468 g/mol. The predicted molar refractivity (Wildman–Crippen MR) is 145 cm³/mol. The fourth-order valence-electron chi connectivity index (χ4n) is 3.81. The number of thiol groups is 1. The number of benzene rings is 2. The van der Waals surface area contributed by atoms with Crippen LogP contribution in [-0.2, 0) is 0 Å². The largest absolute Gasteiger partial charge is 0.355 e. The second-order valence-corrected chi connectivity index (χ2v) is 9.80. The molecule has 5 heteroatoms. The van der Waals surface area contributed by atoms with Gasteiger partial charge in [-0.1, -0.05) is 63.2 Å². The lowest BCUT2D eigenvalue weighted by Gasteiger charge is -2.34. The molecule has 0 fully saturated rings. The van der Waals surface area contributed by atoms with Gasteiger partial charge in [-0.25, -0.2) is 4.39 Å². The van der Waals surface area contributed by atoms with Crippen LogP contribution in [-0.4, -0.2) is 24.2 Å². The lowest BCUT2D eigenvalue weighted by Crippen LogP contribution is -2.31. The third kappa shape index (κ3) is 7.58. The Kier molecular flexibility index (Phi) is 9.93. The van der Waals surface area contributed by atoms with Crippen LogP contribution in [0.15, 0.2) is 72.5 Å². The molecule has 2 unspecified atom stereocenters. The van der Waals surface area contributed by atoms with Gasteiger partial charge < -0.3 is 16.5 Å². The van der Waals surface area contributed by atoms with E-state index in [0.29, 0.717) is 13.0 Å². The number of nitrogens with one attached hydrogen (secondary N) is 2. The number of anilines is 1. The molecule has 3 rings (SSSR count). The second-order valence-electron chi connectivity index (χ2n) is 9.35. The molecule has 3 nitrogen and oxygen atoms in total. The molecular weight excluding hydrogens is 429 g/mol. The predicted octanol–water partition coefficient (Wildman–Crippen LogP) is 7.11. The summed E-state index contributed by atoms with van der Waals surface area (Å²) in [6, 6.07) is 16.5. The standard InChI is InChI=1S/C25H30FN3.C3H8S/c1-24(2,17-28)23(18-7-5-4-6-8-18)19-9-10-22(20(15-19)16-27)29-21-11-13-25(3,26)14-12-21;1-2-3-4/h4-13,15-16,23,27,29H,14,17,28H2,1-3H3;4H,2-3H2,1H3. The molecule has 2 aromatic carbocycles. The first kappa shape index (κ1) is 26.9. The summed E-state index contributed by atoms with van der Waals surface area (Å²) in [6.45, 7) is 8.57. The van der Waals surface area contributed by atoms with Crippen LogP contribution in [0.1, 0.15) is 63.1 Å². The molecule has 0 aliphatic heterocycles. The van der Waals surface area contributed by atoms with Crippen molar-refractivity contribution in [1.82, 2.24) is 0 Å². The quantitative estimate of drug-likeness (QED) is 0.247. The summed E-state index contributed by atoms with van der Waals surface area (Å²) in [5, 5.41) is 11.2. The second kappa shape index (κ2) is 12.2. The molecular formula is C28H38FN3S. The van der Waals surface area contributed by atoms with Crippen molar-refractivity contribution in [3.05, 3.63) is 89.1 Å². The summed E-state index contributed by atoms with van der Waals surface area (Å²) < 4.78 is 14.0. The first-order chi connectivity index (χ1) is 15.7. The zero-order valence-electron chi connectivity index (χ0n) is 20.2. The van der Waals surface area contributed by atoms with E-state index in [-0.39, 0.29) is 11.3 Å². The fourth-order valence-corrected chi connectivity index (χ4v) is 3.81. The minimum Gasteiger partial charge on any atom is -0.355 e. The van der Waals surface area contributed by atoms with Crippen molar-refractivity contribution in [2.75, 3.05) is 17.6 Å². The minimum atomic E-state index is -1.30. The maximum Gasteiger partial charge on any atom is 0.130 e. The molecule has 2 aromatic rings. The Morgan fingerprint density at radius 1 is 1.21 bits per heavy atom. The Bertz CT molecular complexity index is 962. The highest BCUT2D eigenvalue weighted by atomic mass is 32.1. The molecule has 0 saturated carbocycles. The van der Waals surface area contributed by atoms with Gasteiger partial charge in [0.2, 0.25) is 0 Å². The lowest BCUT2D eigenvalue weighted by molar-refractivity contribution is 0.259. The zero-order valence-corrected chi connectivity index (χ0v) is 21.1. The third-order valence-electron chi connectivity index (χ3n) is 5.84. The van der Waals surface area contributed by atoms with Crippen molar-refractivity contribution < 1.29 is 4.39 Å². The summed E-state index contributed by atoms with van der Waals surface area (Å²) >= 11 is 3.92. The van der Waals surface area contributed by atoms with Crippen molar-refractivity contribution in [2.24, 2.45) is 11.1 Å². The van der Waals surface area contributed by atoms with E-state index in [1.807, 2.05) is 30.3 Å². The number of hydrogen-bond donors (Lipinski definition) is 4. The number of rotatable bonds is 8. The maximum atomic E-state index is 14.0. The van der Waals surface area contributed by atoms with E-state index >= 15 is 0 Å². The van der Waals surface area contributed by atoms with Crippen LogP contribution in [0.2, 0.25) is 0 Å². The van der Waals surface area contributed by atoms with Gasteiger partial charge in [0, 0.05) is 35.5 Å². The molecule has 0 radical (unpaired) electrons. The molecule has 4 N–H and O–H groups in total. The van der Waals surface area contributed by atoms with Crippen molar-refractivity contribution in [3.63, 3.8) is 0 Å². The van der Waals surface area contributed by atoms with Crippen molar-refractivity contribution in [1.29, 1.82) is 5.41 Å². The number of halogens is 1. The Morgan fingerprint density at radius 3 is 2.39 bits per heavy atom. The minimum absolute atomic E-state index is 0.113. The average Bonchev–Trinajstić information content (AvgIpc) is 2.82. The number of nitrogens with two attached hydrogens (primary N) is 1. The van der Waals surface area contributed by atoms with Crippen LogP contribution in [0.3, 0.4) is 0 Å². The smallest absolute Gasteiger partial charge is 0.130 e. The van der Waals surface area contributed by atoms with Crippen molar-refractivity contribution in [3.8, 4) is 0 Å². The van der Waals surface area contributed by atoms with Crippen LogP contribution in [0.5, 0.6) is 0 Å². The van der Waals surface area contributed by atoms with Gasteiger partial charge in [0.1, 0.15) is 5.67 Å². The normalized spacial score (nSPS) is 18.6. The Balaban J connectivity index is 0.000000890. The van der Waals surface area contributed by atoms with E-state index in [9.17, 15) is 4.39 Å². The molecule has 0 spiro atoms. The summed E-state index contributed by atoms with van der Waals surface area (Å²) in [6.07, 6.45) is 8.06. The van der Waals surface area contributed by atoms with Gasteiger partial charge in [0.05, 0.1) is 0 Å². The Labute approximate surface area is 204 Å². The topological polar surface area (TPSA) is 61.9 Å². The van der Waals surface area contributed by atoms with E-state index in [2.05, 4.69) is 63.0 Å². The van der Waals surface area contributed by atoms with Crippen LogP contribution >= 0.6 is 12.6 Å². The molecule has 0 bridgehead atoms. The summed E-state index contributed by atoms with van der Waals surface area (Å²) in [4.78, 5) is 0. The lowest BCUT2D eigenvalue weighted by atomic mass is 9.71. The van der Waals surface area contributed by atoms with E-state index in [1.165, 1.54) is 18.2 Å². The fraction of sp³-hybridized carbons (Fsp3) is 0.393.